The number of pyridine rings is 1. The number of halogens is 1. The van der Waals surface area contributed by atoms with Gasteiger partial charge in [0, 0.05) is 24.7 Å². The predicted octanol–water partition coefficient (Wildman–Crippen LogP) is 1.62. The topological polar surface area (TPSA) is 102 Å². The number of aromatic nitrogens is 1. The SMILES string of the molecule is [CH2]CN(CC(C)O)C(=O)c1ccc(C(=O)NCc2ccc(Cl)cc2)c(=O)[nH]1. The molecule has 0 spiro atoms. The van der Waals surface area contributed by atoms with Crippen LogP contribution in [0.3, 0.4) is 0 Å². The highest BCUT2D eigenvalue weighted by Gasteiger charge is 2.19. The van der Waals surface area contributed by atoms with Crippen LogP contribution in [-0.4, -0.2) is 46.0 Å². The smallest absolute Gasteiger partial charge is 0.270 e. The Labute approximate surface area is 162 Å². The van der Waals surface area contributed by atoms with Crippen LogP contribution in [0.25, 0.3) is 0 Å². The Bertz CT molecular complexity index is 862. The van der Waals surface area contributed by atoms with Crippen LogP contribution in [0.15, 0.2) is 41.2 Å². The van der Waals surface area contributed by atoms with Gasteiger partial charge >= 0.3 is 0 Å². The molecule has 27 heavy (non-hydrogen) atoms. The number of nitrogens with one attached hydrogen (secondary N) is 2. The number of nitrogens with zero attached hydrogens (tertiary/aromatic N) is 1. The minimum Gasteiger partial charge on any atom is -0.392 e. The highest BCUT2D eigenvalue weighted by Crippen LogP contribution is 2.09. The van der Waals surface area contributed by atoms with Crippen molar-refractivity contribution in [3.05, 3.63) is 75.5 Å². The van der Waals surface area contributed by atoms with Gasteiger partial charge in [-0.15, -0.1) is 0 Å². The van der Waals surface area contributed by atoms with Gasteiger partial charge in [0.25, 0.3) is 17.4 Å². The number of rotatable bonds is 7. The van der Waals surface area contributed by atoms with E-state index in [-0.39, 0.29) is 30.9 Å². The minimum absolute atomic E-state index is 0.0264. The van der Waals surface area contributed by atoms with Crippen LogP contribution in [0.4, 0.5) is 0 Å². The molecule has 1 atom stereocenters. The van der Waals surface area contributed by atoms with E-state index in [1.165, 1.54) is 17.0 Å². The van der Waals surface area contributed by atoms with Crippen molar-refractivity contribution in [2.24, 2.45) is 0 Å². The van der Waals surface area contributed by atoms with E-state index in [0.29, 0.717) is 5.02 Å². The quantitative estimate of drug-likeness (QED) is 0.668. The molecule has 1 aromatic carbocycles. The third-order valence-electron chi connectivity index (χ3n) is 3.79. The summed E-state index contributed by atoms with van der Waals surface area (Å²) in [5, 5.41) is 12.7. The average Bonchev–Trinajstić information content (AvgIpc) is 2.64. The van der Waals surface area contributed by atoms with E-state index >= 15 is 0 Å². The maximum Gasteiger partial charge on any atom is 0.270 e. The number of benzene rings is 1. The molecule has 8 heteroatoms. The van der Waals surface area contributed by atoms with E-state index in [2.05, 4.69) is 17.2 Å². The van der Waals surface area contributed by atoms with Crippen molar-refractivity contribution < 1.29 is 14.7 Å². The number of amides is 2. The Morgan fingerprint density at radius 2 is 1.93 bits per heavy atom. The maximum atomic E-state index is 12.4. The van der Waals surface area contributed by atoms with E-state index in [1.807, 2.05) is 0 Å². The molecular weight excluding hydrogens is 370 g/mol. The van der Waals surface area contributed by atoms with E-state index in [9.17, 15) is 19.5 Å². The van der Waals surface area contributed by atoms with Crippen LogP contribution >= 0.6 is 11.6 Å². The maximum absolute atomic E-state index is 12.4. The number of aliphatic hydroxyl groups is 1. The lowest BCUT2D eigenvalue weighted by Gasteiger charge is -2.22. The van der Waals surface area contributed by atoms with E-state index < -0.39 is 23.5 Å². The predicted molar refractivity (Wildman–Crippen MR) is 103 cm³/mol. The van der Waals surface area contributed by atoms with Crippen molar-refractivity contribution in [1.29, 1.82) is 0 Å². The van der Waals surface area contributed by atoms with Gasteiger partial charge in [0.2, 0.25) is 0 Å². The summed E-state index contributed by atoms with van der Waals surface area (Å²) >= 11 is 5.81. The first-order chi connectivity index (χ1) is 12.8. The molecule has 3 N–H and O–H groups in total. The van der Waals surface area contributed by atoms with Crippen molar-refractivity contribution in [3.63, 3.8) is 0 Å². The Hall–Kier alpha value is -2.64. The van der Waals surface area contributed by atoms with Crippen LogP contribution in [0.5, 0.6) is 0 Å². The molecule has 2 aromatic rings. The Morgan fingerprint density at radius 1 is 1.26 bits per heavy atom. The number of H-pyrrole nitrogens is 1. The molecule has 0 bridgehead atoms. The third-order valence-corrected chi connectivity index (χ3v) is 4.04. The normalized spacial score (nSPS) is 11.7. The summed E-state index contributed by atoms with van der Waals surface area (Å²) in [6, 6.07) is 9.61. The number of carbonyl (C=O) groups excluding carboxylic acids is 2. The molecule has 0 aliphatic heterocycles. The zero-order valence-corrected chi connectivity index (χ0v) is 15.6. The molecule has 1 heterocycles. The van der Waals surface area contributed by atoms with Crippen LogP contribution in [0.2, 0.25) is 5.02 Å². The largest absolute Gasteiger partial charge is 0.392 e. The molecule has 2 rings (SSSR count). The van der Waals surface area contributed by atoms with E-state index in [1.54, 1.807) is 31.2 Å². The van der Waals surface area contributed by atoms with Crippen LogP contribution in [-0.2, 0) is 6.54 Å². The molecule has 0 aliphatic carbocycles. The lowest BCUT2D eigenvalue weighted by Crippen LogP contribution is -2.38. The summed E-state index contributed by atoms with van der Waals surface area (Å²) in [6.07, 6.45) is -0.722. The summed E-state index contributed by atoms with van der Waals surface area (Å²) in [4.78, 5) is 40.5. The molecule has 1 radical (unpaired) electrons. The summed E-state index contributed by atoms with van der Waals surface area (Å²) in [5.74, 6) is -1.03. The van der Waals surface area contributed by atoms with Gasteiger partial charge in [-0.3, -0.25) is 14.4 Å². The molecule has 0 saturated heterocycles. The first-order valence-corrected chi connectivity index (χ1v) is 8.72. The number of aliphatic hydroxyl groups excluding tert-OH is 1. The van der Waals surface area contributed by atoms with Gasteiger partial charge in [0.05, 0.1) is 6.10 Å². The zero-order chi connectivity index (χ0) is 20.0. The van der Waals surface area contributed by atoms with Crippen molar-refractivity contribution in [2.75, 3.05) is 13.1 Å². The second kappa shape index (κ2) is 9.34. The highest BCUT2D eigenvalue weighted by atomic mass is 35.5. The first-order valence-electron chi connectivity index (χ1n) is 8.34. The van der Waals surface area contributed by atoms with Gasteiger partial charge in [0.15, 0.2) is 0 Å². The molecule has 143 valence electrons. The molecule has 2 amide bonds. The van der Waals surface area contributed by atoms with E-state index in [0.717, 1.165) is 5.56 Å². The Kier molecular flexibility index (Phi) is 7.15. The summed E-state index contributed by atoms with van der Waals surface area (Å²) in [7, 11) is 0. The average molecular weight is 391 g/mol. The molecule has 1 unspecified atom stereocenters. The summed E-state index contributed by atoms with van der Waals surface area (Å²) < 4.78 is 0. The van der Waals surface area contributed by atoms with E-state index in [4.69, 9.17) is 11.6 Å². The van der Waals surface area contributed by atoms with Crippen LogP contribution < -0.4 is 10.9 Å². The van der Waals surface area contributed by atoms with Gasteiger partial charge in [-0.25, -0.2) is 0 Å². The van der Waals surface area contributed by atoms with Gasteiger partial charge in [-0.1, -0.05) is 23.7 Å². The van der Waals surface area contributed by atoms with Gasteiger partial charge in [-0.2, -0.15) is 0 Å². The van der Waals surface area contributed by atoms with Crippen LogP contribution in [0, 0.1) is 6.92 Å². The number of hydrogen-bond acceptors (Lipinski definition) is 4. The zero-order valence-electron chi connectivity index (χ0n) is 14.9. The minimum atomic E-state index is -0.722. The van der Waals surface area contributed by atoms with Crippen molar-refractivity contribution in [1.82, 2.24) is 15.2 Å². The Morgan fingerprint density at radius 3 is 2.48 bits per heavy atom. The molecule has 1 aromatic heterocycles. The number of hydrogen-bond donors (Lipinski definition) is 3. The first kappa shape index (κ1) is 20.7. The highest BCUT2D eigenvalue weighted by molar-refractivity contribution is 6.30. The molecular formula is C19H21ClN3O4. The fourth-order valence-corrected chi connectivity index (χ4v) is 2.55. The van der Waals surface area contributed by atoms with Crippen molar-refractivity contribution in [2.45, 2.75) is 19.6 Å². The molecule has 0 aliphatic rings. The molecule has 7 nitrogen and oxygen atoms in total. The summed E-state index contributed by atoms with van der Waals surface area (Å²) in [5.41, 5.74) is 0.0893. The van der Waals surface area contributed by atoms with Crippen LogP contribution in [0.1, 0.15) is 33.3 Å². The van der Waals surface area contributed by atoms with Gasteiger partial charge < -0.3 is 20.3 Å². The second-order valence-corrected chi connectivity index (χ2v) is 6.46. The lowest BCUT2D eigenvalue weighted by molar-refractivity contribution is 0.0666. The van der Waals surface area contributed by atoms with Crippen molar-refractivity contribution in [3.8, 4) is 0 Å². The van der Waals surface area contributed by atoms with Gasteiger partial charge in [-0.05, 0) is 43.7 Å². The fourth-order valence-electron chi connectivity index (χ4n) is 2.42. The lowest BCUT2D eigenvalue weighted by atomic mass is 10.2. The molecule has 0 saturated carbocycles. The fraction of sp³-hybridized carbons (Fsp3) is 0.263. The standard InChI is InChI=1S/C19H21ClN3O4/c1-3-23(11-12(2)24)19(27)16-9-8-15(18(26)22-16)17(25)21-10-13-4-6-14(20)7-5-13/h4-9,12,24H,1,3,10-11H2,2H3,(H,21,25)(H,22,26). The Balaban J connectivity index is 2.08. The monoisotopic (exact) mass is 390 g/mol. The summed E-state index contributed by atoms with van der Waals surface area (Å²) in [6.45, 7) is 5.65. The molecule has 0 fully saturated rings. The number of aromatic amines is 1. The third kappa shape index (κ3) is 5.67. The number of carbonyl (C=O) groups is 2. The van der Waals surface area contributed by atoms with Crippen molar-refractivity contribution >= 4 is 23.4 Å². The van der Waals surface area contributed by atoms with Gasteiger partial charge in [0.1, 0.15) is 11.3 Å². The second-order valence-electron chi connectivity index (χ2n) is 6.02.